The third-order valence-electron chi connectivity index (χ3n) is 2.62. The lowest BCUT2D eigenvalue weighted by Gasteiger charge is -2.04. The fraction of sp³-hybridized carbons (Fsp3) is 0.182. The Morgan fingerprint density at radius 1 is 1.50 bits per heavy atom. The second kappa shape index (κ2) is 4.30. The molecule has 18 heavy (non-hydrogen) atoms. The van der Waals surface area contributed by atoms with Crippen molar-refractivity contribution in [3.8, 4) is 0 Å². The number of hydrogen-bond acceptors (Lipinski definition) is 4. The lowest BCUT2D eigenvalue weighted by molar-refractivity contribution is 0.906. The molecule has 0 saturated heterocycles. The minimum absolute atomic E-state index is 0.187. The van der Waals surface area contributed by atoms with Crippen LogP contribution in [0.2, 0.25) is 5.28 Å². The van der Waals surface area contributed by atoms with E-state index in [1.165, 1.54) is 0 Å². The topological polar surface area (TPSA) is 70.9 Å². The molecule has 0 atom stereocenters. The first-order valence-corrected chi connectivity index (χ1v) is 5.96. The lowest BCUT2D eigenvalue weighted by Crippen LogP contribution is -2.01. The molecule has 0 radical (unpaired) electrons. The van der Waals surface area contributed by atoms with E-state index >= 15 is 0 Å². The van der Waals surface area contributed by atoms with Gasteiger partial charge in [0.2, 0.25) is 5.28 Å². The summed E-state index contributed by atoms with van der Waals surface area (Å²) in [6.45, 7) is 2.06. The Morgan fingerprint density at radius 2 is 2.39 bits per heavy atom. The number of nitrogens with one attached hydrogen (secondary N) is 2. The Morgan fingerprint density at radius 3 is 3.17 bits per heavy atom. The molecular weight excluding hydrogens is 252 g/mol. The number of H-pyrrole nitrogens is 1. The number of anilines is 2. The van der Waals surface area contributed by atoms with Crippen molar-refractivity contribution in [1.82, 2.24) is 24.8 Å². The molecule has 7 heteroatoms. The maximum absolute atomic E-state index is 5.87. The normalized spacial score (nSPS) is 11.0. The fourth-order valence-corrected chi connectivity index (χ4v) is 1.89. The second-order valence-corrected chi connectivity index (χ2v) is 4.16. The van der Waals surface area contributed by atoms with E-state index in [0.717, 1.165) is 17.6 Å². The highest BCUT2D eigenvalue weighted by molar-refractivity contribution is 6.28. The SMILES string of the molecule is CCc1cc(Nc2nc(Cl)nn3cccc23)n[nH]1. The number of hydrogen-bond donors (Lipinski definition) is 2. The third-order valence-corrected chi connectivity index (χ3v) is 2.78. The van der Waals surface area contributed by atoms with Gasteiger partial charge in [-0.25, -0.2) is 4.52 Å². The van der Waals surface area contributed by atoms with E-state index in [9.17, 15) is 0 Å². The molecule has 0 spiro atoms. The van der Waals surface area contributed by atoms with E-state index in [-0.39, 0.29) is 5.28 Å². The highest BCUT2D eigenvalue weighted by atomic mass is 35.5. The maximum atomic E-state index is 5.87. The Kier molecular flexibility index (Phi) is 2.64. The van der Waals surface area contributed by atoms with Crippen LogP contribution in [0.3, 0.4) is 0 Å². The van der Waals surface area contributed by atoms with Gasteiger partial charge in [0.15, 0.2) is 11.6 Å². The first kappa shape index (κ1) is 11.0. The summed E-state index contributed by atoms with van der Waals surface area (Å²) in [4.78, 5) is 4.17. The van der Waals surface area contributed by atoms with Gasteiger partial charge in [0.1, 0.15) is 5.52 Å². The molecule has 0 amide bonds. The number of fused-ring (bicyclic) bond motifs is 1. The summed E-state index contributed by atoms with van der Waals surface area (Å²) in [5.41, 5.74) is 1.91. The fourth-order valence-electron chi connectivity index (χ4n) is 1.73. The van der Waals surface area contributed by atoms with Gasteiger partial charge in [0.25, 0.3) is 0 Å². The van der Waals surface area contributed by atoms with E-state index in [0.29, 0.717) is 11.6 Å². The Hall–Kier alpha value is -2.08. The number of aromatic nitrogens is 5. The van der Waals surface area contributed by atoms with Gasteiger partial charge in [-0.1, -0.05) is 6.92 Å². The highest BCUT2D eigenvalue weighted by Gasteiger charge is 2.08. The van der Waals surface area contributed by atoms with Crippen LogP contribution < -0.4 is 5.32 Å². The van der Waals surface area contributed by atoms with Crippen molar-refractivity contribution < 1.29 is 0 Å². The van der Waals surface area contributed by atoms with Crippen LogP contribution in [-0.2, 0) is 6.42 Å². The molecule has 3 aromatic heterocycles. The average Bonchev–Trinajstić information content (AvgIpc) is 2.97. The van der Waals surface area contributed by atoms with E-state index < -0.39 is 0 Å². The predicted octanol–water partition coefficient (Wildman–Crippen LogP) is 2.41. The molecule has 2 N–H and O–H groups in total. The zero-order valence-electron chi connectivity index (χ0n) is 9.68. The van der Waals surface area contributed by atoms with Gasteiger partial charge in [0.05, 0.1) is 0 Å². The van der Waals surface area contributed by atoms with Crippen molar-refractivity contribution in [2.75, 3.05) is 5.32 Å². The second-order valence-electron chi connectivity index (χ2n) is 3.82. The summed E-state index contributed by atoms with van der Waals surface area (Å²) in [6.07, 6.45) is 2.72. The standard InChI is InChI=1S/C11H11ClN6/c1-2-7-6-9(16-15-7)13-10-8-4-3-5-18(8)17-11(12)14-10/h3-6H,2H2,1H3,(H2,13,14,15,16,17). The molecule has 0 aliphatic rings. The van der Waals surface area contributed by atoms with Crippen LogP contribution in [0.15, 0.2) is 24.4 Å². The average molecular weight is 263 g/mol. The van der Waals surface area contributed by atoms with Crippen LogP contribution in [-0.4, -0.2) is 24.8 Å². The molecule has 3 heterocycles. The number of halogens is 1. The van der Waals surface area contributed by atoms with Crippen LogP contribution in [0.25, 0.3) is 5.52 Å². The van der Waals surface area contributed by atoms with E-state index in [1.54, 1.807) is 4.52 Å². The van der Waals surface area contributed by atoms with Gasteiger partial charge in [0, 0.05) is 18.0 Å². The van der Waals surface area contributed by atoms with Crippen LogP contribution >= 0.6 is 11.6 Å². The van der Waals surface area contributed by atoms with Crippen LogP contribution in [0.4, 0.5) is 11.6 Å². The molecule has 0 bridgehead atoms. The monoisotopic (exact) mass is 262 g/mol. The molecule has 3 rings (SSSR count). The van der Waals surface area contributed by atoms with Crippen molar-refractivity contribution in [3.05, 3.63) is 35.4 Å². The van der Waals surface area contributed by atoms with E-state index in [4.69, 9.17) is 11.6 Å². The van der Waals surface area contributed by atoms with Gasteiger partial charge >= 0.3 is 0 Å². The van der Waals surface area contributed by atoms with Crippen LogP contribution in [0.5, 0.6) is 0 Å². The number of nitrogens with zero attached hydrogens (tertiary/aromatic N) is 4. The number of rotatable bonds is 3. The van der Waals surface area contributed by atoms with Gasteiger partial charge in [-0.3, -0.25) is 5.10 Å². The lowest BCUT2D eigenvalue weighted by atomic mass is 10.3. The Labute approximate surface area is 108 Å². The molecule has 0 aliphatic carbocycles. The molecule has 0 unspecified atom stereocenters. The van der Waals surface area contributed by atoms with Crippen molar-refractivity contribution in [2.24, 2.45) is 0 Å². The Bertz CT molecular complexity index is 686. The molecule has 0 aliphatic heterocycles. The molecule has 6 nitrogen and oxygen atoms in total. The van der Waals surface area contributed by atoms with Gasteiger partial charge < -0.3 is 5.32 Å². The highest BCUT2D eigenvalue weighted by Crippen LogP contribution is 2.20. The summed E-state index contributed by atoms with van der Waals surface area (Å²) < 4.78 is 1.67. The van der Waals surface area contributed by atoms with Crippen molar-refractivity contribution in [3.63, 3.8) is 0 Å². The quantitative estimate of drug-likeness (QED) is 0.760. The first-order valence-electron chi connectivity index (χ1n) is 5.58. The third kappa shape index (κ3) is 1.91. The summed E-state index contributed by atoms with van der Waals surface area (Å²) >= 11 is 5.87. The first-order chi connectivity index (χ1) is 8.76. The largest absolute Gasteiger partial charge is 0.322 e. The molecule has 3 aromatic rings. The van der Waals surface area contributed by atoms with Crippen LogP contribution in [0, 0.1) is 0 Å². The zero-order valence-corrected chi connectivity index (χ0v) is 10.4. The van der Waals surface area contributed by atoms with Gasteiger partial charge in [-0.05, 0) is 30.2 Å². The predicted molar refractivity (Wildman–Crippen MR) is 69.2 cm³/mol. The molecule has 0 saturated carbocycles. The minimum Gasteiger partial charge on any atom is -0.322 e. The summed E-state index contributed by atoms with van der Waals surface area (Å²) in [5, 5.41) is 14.5. The minimum atomic E-state index is 0.187. The van der Waals surface area contributed by atoms with Gasteiger partial charge in [-0.15, -0.1) is 5.10 Å². The van der Waals surface area contributed by atoms with E-state index in [2.05, 4.69) is 32.5 Å². The zero-order chi connectivity index (χ0) is 12.5. The molecular formula is C11H11ClN6. The van der Waals surface area contributed by atoms with Crippen molar-refractivity contribution >= 4 is 28.8 Å². The van der Waals surface area contributed by atoms with Crippen molar-refractivity contribution in [2.45, 2.75) is 13.3 Å². The number of aromatic amines is 1. The summed E-state index contributed by atoms with van der Waals surface area (Å²) in [5.74, 6) is 1.35. The van der Waals surface area contributed by atoms with E-state index in [1.807, 2.05) is 24.4 Å². The number of aryl methyl sites for hydroxylation is 1. The summed E-state index contributed by atoms with van der Waals surface area (Å²) in [6, 6.07) is 5.73. The summed E-state index contributed by atoms with van der Waals surface area (Å²) in [7, 11) is 0. The van der Waals surface area contributed by atoms with Gasteiger partial charge in [-0.2, -0.15) is 10.1 Å². The molecule has 0 aromatic carbocycles. The smallest absolute Gasteiger partial charge is 0.243 e. The maximum Gasteiger partial charge on any atom is 0.243 e. The molecule has 92 valence electrons. The van der Waals surface area contributed by atoms with Crippen molar-refractivity contribution in [1.29, 1.82) is 0 Å². The van der Waals surface area contributed by atoms with Crippen LogP contribution in [0.1, 0.15) is 12.6 Å². The molecule has 0 fully saturated rings. The Balaban J connectivity index is 2.00.